The summed E-state index contributed by atoms with van der Waals surface area (Å²) in [6.07, 6.45) is -5.46. The first-order valence-corrected chi connectivity index (χ1v) is 11.0. The Bertz CT molecular complexity index is 1270. The minimum atomic E-state index is -4.57. The lowest BCUT2D eigenvalue weighted by atomic mass is 10.1. The second-order valence-corrected chi connectivity index (χ2v) is 8.50. The summed E-state index contributed by atoms with van der Waals surface area (Å²) in [6, 6.07) is 7.44. The molecule has 2 aromatic carbocycles. The van der Waals surface area contributed by atoms with Gasteiger partial charge in [0.25, 0.3) is 11.8 Å². The van der Waals surface area contributed by atoms with E-state index in [4.69, 9.17) is 16.3 Å². The van der Waals surface area contributed by atoms with Gasteiger partial charge in [-0.25, -0.2) is 22.9 Å². The Kier molecular flexibility index (Phi) is 6.93. The van der Waals surface area contributed by atoms with E-state index in [0.29, 0.717) is 0 Å². The van der Waals surface area contributed by atoms with Crippen LogP contribution in [0.5, 0.6) is 5.75 Å². The lowest BCUT2D eigenvalue weighted by Gasteiger charge is -2.31. The Morgan fingerprint density at radius 2 is 1.75 bits per heavy atom. The van der Waals surface area contributed by atoms with Gasteiger partial charge in [-0.15, -0.1) is 0 Å². The van der Waals surface area contributed by atoms with E-state index < -0.39 is 42.2 Å². The van der Waals surface area contributed by atoms with Gasteiger partial charge in [-0.05, 0) is 30.3 Å². The highest BCUT2D eigenvalue weighted by Gasteiger charge is 2.36. The van der Waals surface area contributed by atoms with E-state index >= 15 is 0 Å². The number of nitrogens with one attached hydrogen (secondary N) is 1. The molecule has 1 amide bonds. The second-order valence-electron chi connectivity index (χ2n) is 8.10. The number of hydrogen-bond acceptors (Lipinski definition) is 4. The third kappa shape index (κ3) is 5.29. The molecule has 3 aromatic rings. The summed E-state index contributed by atoms with van der Waals surface area (Å²) in [5.41, 5.74) is 1.75. The molecule has 13 heteroatoms. The van der Waals surface area contributed by atoms with Gasteiger partial charge < -0.3 is 4.74 Å². The van der Waals surface area contributed by atoms with Crippen LogP contribution in [0.25, 0.3) is 16.9 Å². The van der Waals surface area contributed by atoms with Crippen LogP contribution in [0.1, 0.15) is 28.9 Å². The minimum Gasteiger partial charge on any atom is -0.492 e. The van der Waals surface area contributed by atoms with Crippen LogP contribution < -0.4 is 10.2 Å². The number of carbonyl (C=O) groups excluding carboxylic acids is 1. The van der Waals surface area contributed by atoms with E-state index in [1.807, 2.05) is 0 Å². The fourth-order valence-electron chi connectivity index (χ4n) is 3.79. The molecule has 0 unspecified atom stereocenters. The maximum Gasteiger partial charge on any atom is 0.416 e. The van der Waals surface area contributed by atoms with Crippen LogP contribution >= 0.6 is 11.6 Å². The number of hydrazine groups is 1. The van der Waals surface area contributed by atoms with Crippen molar-refractivity contribution in [1.82, 2.24) is 20.2 Å². The second kappa shape index (κ2) is 9.66. The van der Waals surface area contributed by atoms with Gasteiger partial charge >= 0.3 is 6.18 Å². The Balaban J connectivity index is 1.79. The van der Waals surface area contributed by atoms with Gasteiger partial charge in [0.1, 0.15) is 11.5 Å². The van der Waals surface area contributed by atoms with Crippen LogP contribution in [0.15, 0.2) is 42.5 Å². The first kappa shape index (κ1) is 25.8. The highest BCUT2D eigenvalue weighted by atomic mass is 35.5. The third-order valence-electron chi connectivity index (χ3n) is 5.64. The zero-order valence-electron chi connectivity index (χ0n) is 18.7. The lowest BCUT2D eigenvalue weighted by Crippen LogP contribution is -2.49. The topological polar surface area (TPSA) is 59.4 Å². The van der Waals surface area contributed by atoms with Crippen molar-refractivity contribution in [3.8, 4) is 22.7 Å². The van der Waals surface area contributed by atoms with Gasteiger partial charge in [0, 0.05) is 31.5 Å². The summed E-state index contributed by atoms with van der Waals surface area (Å²) in [6.45, 7) is -0.200. The van der Waals surface area contributed by atoms with Gasteiger partial charge in [-0.3, -0.25) is 10.2 Å². The standard InChI is InChI=1S/C23H19ClF6N4O2/c1-36-20-18(21(35)32-33-10-8-22(26,27)9-11-33)31-34(17-7-6-15(25)12-16(17)24)19(20)13-2-4-14(5-3-13)23(28,29)30/h2-7,12H,8-11H2,1H3,(H,32,35). The van der Waals surface area contributed by atoms with Gasteiger partial charge in [-0.2, -0.15) is 18.3 Å². The molecular formula is C23H19ClF6N4O2. The average molecular weight is 533 g/mol. The molecule has 0 saturated carbocycles. The molecule has 0 atom stereocenters. The molecule has 2 heterocycles. The highest BCUT2D eigenvalue weighted by Crippen LogP contribution is 2.39. The number of halogens is 7. The summed E-state index contributed by atoms with van der Waals surface area (Å²) >= 11 is 6.21. The predicted molar refractivity (Wildman–Crippen MR) is 119 cm³/mol. The van der Waals surface area contributed by atoms with E-state index in [2.05, 4.69) is 10.5 Å². The minimum absolute atomic E-state index is 0.0788. The van der Waals surface area contributed by atoms with Crippen LogP contribution in [0.3, 0.4) is 0 Å². The van der Waals surface area contributed by atoms with Gasteiger partial charge in [0.05, 0.1) is 23.4 Å². The fourth-order valence-corrected chi connectivity index (χ4v) is 4.03. The fraction of sp³-hybridized carbons (Fsp3) is 0.304. The number of hydrogen-bond donors (Lipinski definition) is 1. The summed E-state index contributed by atoms with van der Waals surface area (Å²) in [5, 5.41) is 5.49. The molecule has 1 N–H and O–H groups in total. The van der Waals surface area contributed by atoms with Crippen molar-refractivity contribution in [2.45, 2.75) is 24.9 Å². The van der Waals surface area contributed by atoms with Crippen LogP contribution in [0.2, 0.25) is 5.02 Å². The van der Waals surface area contributed by atoms with Gasteiger partial charge in [0.15, 0.2) is 11.4 Å². The van der Waals surface area contributed by atoms with Crippen LogP contribution in [-0.2, 0) is 6.18 Å². The SMILES string of the molecule is COc1c(C(=O)NN2CCC(F)(F)CC2)nn(-c2ccc(F)cc2Cl)c1-c1ccc(C(F)(F)F)cc1. The highest BCUT2D eigenvalue weighted by molar-refractivity contribution is 6.32. The number of alkyl halides is 5. The third-order valence-corrected chi connectivity index (χ3v) is 5.94. The molecule has 1 saturated heterocycles. The van der Waals surface area contributed by atoms with Crippen LogP contribution in [0.4, 0.5) is 26.3 Å². The van der Waals surface area contributed by atoms with E-state index in [-0.39, 0.29) is 46.5 Å². The van der Waals surface area contributed by atoms with Crippen molar-refractivity contribution in [2.75, 3.05) is 20.2 Å². The van der Waals surface area contributed by atoms with Crippen molar-refractivity contribution in [1.29, 1.82) is 0 Å². The Hall–Kier alpha value is -3.25. The number of carbonyl (C=O) groups is 1. The summed E-state index contributed by atoms with van der Waals surface area (Å²) in [7, 11) is 1.24. The molecule has 4 rings (SSSR count). The maximum atomic E-state index is 13.7. The van der Waals surface area contributed by atoms with E-state index in [1.54, 1.807) is 0 Å². The molecule has 0 radical (unpaired) electrons. The summed E-state index contributed by atoms with van der Waals surface area (Å²) in [4.78, 5) is 13.1. The molecule has 192 valence electrons. The number of aromatic nitrogens is 2. The zero-order chi connectivity index (χ0) is 26.3. The molecule has 36 heavy (non-hydrogen) atoms. The molecular weight excluding hydrogens is 514 g/mol. The lowest BCUT2D eigenvalue weighted by molar-refractivity contribution is -0.137. The Labute approximate surface area is 206 Å². The summed E-state index contributed by atoms with van der Waals surface area (Å²) in [5.74, 6) is -4.36. The number of nitrogens with zero attached hydrogens (tertiary/aromatic N) is 3. The first-order chi connectivity index (χ1) is 16.9. The van der Waals surface area contributed by atoms with E-state index in [9.17, 15) is 31.1 Å². The van der Waals surface area contributed by atoms with E-state index in [1.165, 1.54) is 30.3 Å². The normalized spacial score (nSPS) is 16.1. The number of ether oxygens (including phenoxy) is 1. The molecule has 1 aromatic heterocycles. The Morgan fingerprint density at radius 1 is 1.11 bits per heavy atom. The smallest absolute Gasteiger partial charge is 0.416 e. The van der Waals surface area contributed by atoms with Crippen LogP contribution in [0, 0.1) is 5.82 Å². The largest absolute Gasteiger partial charge is 0.492 e. The zero-order valence-corrected chi connectivity index (χ0v) is 19.4. The average Bonchev–Trinajstić information content (AvgIpc) is 3.19. The number of piperidine rings is 1. The number of benzene rings is 2. The van der Waals surface area contributed by atoms with Crippen molar-refractivity contribution >= 4 is 17.5 Å². The first-order valence-electron chi connectivity index (χ1n) is 10.6. The van der Waals surface area contributed by atoms with Crippen molar-refractivity contribution in [3.05, 3.63) is 64.6 Å². The monoisotopic (exact) mass is 532 g/mol. The maximum absolute atomic E-state index is 13.7. The van der Waals surface area contributed by atoms with Crippen molar-refractivity contribution < 1.29 is 35.9 Å². The van der Waals surface area contributed by atoms with Gasteiger partial charge in [0.2, 0.25) is 0 Å². The number of rotatable bonds is 5. The van der Waals surface area contributed by atoms with Crippen molar-refractivity contribution in [2.24, 2.45) is 0 Å². The van der Waals surface area contributed by atoms with Crippen LogP contribution in [-0.4, -0.2) is 46.8 Å². The number of methoxy groups -OCH3 is 1. The molecule has 0 aliphatic carbocycles. The molecule has 6 nitrogen and oxygen atoms in total. The molecule has 0 bridgehead atoms. The Morgan fingerprint density at radius 3 is 2.31 bits per heavy atom. The molecule has 1 fully saturated rings. The van der Waals surface area contributed by atoms with Gasteiger partial charge in [-0.1, -0.05) is 23.7 Å². The van der Waals surface area contributed by atoms with E-state index in [0.717, 1.165) is 28.9 Å². The number of amides is 1. The summed E-state index contributed by atoms with van der Waals surface area (Å²) < 4.78 is 86.4. The molecule has 1 aliphatic heterocycles. The quantitative estimate of drug-likeness (QED) is 0.426. The molecule has 0 spiro atoms. The molecule has 1 aliphatic rings. The van der Waals surface area contributed by atoms with Crippen molar-refractivity contribution in [3.63, 3.8) is 0 Å². The predicted octanol–water partition coefficient (Wildman–Crippen LogP) is 5.74.